The first-order valence-electron chi connectivity index (χ1n) is 6.44. The Kier molecular flexibility index (Phi) is 3.60. The molecule has 0 spiro atoms. The highest BCUT2D eigenvalue weighted by atomic mass is 32.2. The lowest BCUT2D eigenvalue weighted by Gasteiger charge is -1.99. The number of nitrogens with one attached hydrogen (secondary N) is 1. The molecule has 2 aromatic heterocycles. The maximum absolute atomic E-state index is 5.39. The van der Waals surface area contributed by atoms with E-state index >= 15 is 0 Å². The zero-order valence-electron chi connectivity index (χ0n) is 11.4. The van der Waals surface area contributed by atoms with Gasteiger partial charge in [-0.3, -0.25) is 0 Å². The summed E-state index contributed by atoms with van der Waals surface area (Å²) in [6, 6.07) is 12.1. The Balaban J connectivity index is 1.98. The van der Waals surface area contributed by atoms with Gasteiger partial charge >= 0.3 is 0 Å². The fourth-order valence-corrected chi connectivity index (χ4v) is 2.40. The highest BCUT2D eigenvalue weighted by Gasteiger charge is 2.07. The van der Waals surface area contributed by atoms with Gasteiger partial charge in [-0.1, -0.05) is 12.1 Å². The first-order valence-corrected chi connectivity index (χ1v) is 7.66. The number of aromatic nitrogens is 3. The van der Waals surface area contributed by atoms with Gasteiger partial charge in [0.2, 0.25) is 5.88 Å². The molecule has 102 valence electrons. The average molecular weight is 285 g/mol. The van der Waals surface area contributed by atoms with Crippen LogP contribution >= 0.6 is 11.8 Å². The Morgan fingerprint density at radius 2 is 1.90 bits per heavy atom. The van der Waals surface area contributed by atoms with Gasteiger partial charge in [-0.25, -0.2) is 4.98 Å². The standard InChI is InChI=1S/C15H15N3OS/c1-3-19-13-9-8-12-15(17-13)18-14(16-12)10-4-6-11(20-2)7-5-10/h4-9H,3H2,1-2H3,(H,16,17,18). The number of imidazole rings is 1. The van der Waals surface area contributed by atoms with E-state index in [1.165, 1.54) is 4.90 Å². The first kappa shape index (κ1) is 13.0. The number of hydrogen-bond donors (Lipinski definition) is 1. The van der Waals surface area contributed by atoms with Gasteiger partial charge in [-0.05, 0) is 31.4 Å². The third-order valence-corrected chi connectivity index (χ3v) is 3.72. The molecule has 3 rings (SSSR count). The van der Waals surface area contributed by atoms with E-state index in [1.54, 1.807) is 11.8 Å². The Hall–Kier alpha value is -2.01. The summed E-state index contributed by atoms with van der Waals surface area (Å²) in [4.78, 5) is 13.4. The van der Waals surface area contributed by atoms with Crippen molar-refractivity contribution >= 4 is 22.9 Å². The summed E-state index contributed by atoms with van der Waals surface area (Å²) in [6.45, 7) is 2.54. The SMILES string of the molecule is CCOc1ccc2[nH]c(-c3ccc(SC)cc3)nc2n1. The minimum atomic E-state index is 0.603. The minimum absolute atomic E-state index is 0.603. The number of nitrogens with zero attached hydrogens (tertiary/aromatic N) is 2. The number of hydrogen-bond acceptors (Lipinski definition) is 4. The molecule has 0 aliphatic rings. The van der Waals surface area contributed by atoms with Gasteiger partial charge in [0, 0.05) is 16.5 Å². The molecule has 0 fully saturated rings. The smallest absolute Gasteiger partial charge is 0.215 e. The van der Waals surface area contributed by atoms with Gasteiger partial charge in [0.25, 0.3) is 0 Å². The monoisotopic (exact) mass is 285 g/mol. The van der Waals surface area contributed by atoms with E-state index in [0.29, 0.717) is 18.1 Å². The third-order valence-electron chi connectivity index (χ3n) is 2.98. The number of thioether (sulfide) groups is 1. The maximum atomic E-state index is 5.39. The molecular formula is C15H15N3OS. The molecule has 0 amide bonds. The van der Waals surface area contributed by atoms with Crippen molar-refractivity contribution in [3.8, 4) is 17.3 Å². The Labute approximate surface area is 121 Å². The molecule has 0 aliphatic heterocycles. The van der Waals surface area contributed by atoms with Crippen molar-refractivity contribution < 1.29 is 4.74 Å². The van der Waals surface area contributed by atoms with Gasteiger partial charge in [0.15, 0.2) is 5.65 Å². The van der Waals surface area contributed by atoms with Crippen LogP contribution in [0.4, 0.5) is 0 Å². The summed E-state index contributed by atoms with van der Waals surface area (Å²) in [7, 11) is 0. The second-order valence-corrected chi connectivity index (χ2v) is 5.15. The fraction of sp³-hybridized carbons (Fsp3) is 0.200. The van der Waals surface area contributed by atoms with Crippen molar-refractivity contribution in [2.24, 2.45) is 0 Å². The molecule has 20 heavy (non-hydrogen) atoms. The van der Waals surface area contributed by atoms with Crippen molar-refractivity contribution in [2.45, 2.75) is 11.8 Å². The van der Waals surface area contributed by atoms with Crippen LogP contribution in [0.5, 0.6) is 5.88 Å². The van der Waals surface area contributed by atoms with E-state index in [9.17, 15) is 0 Å². The number of fused-ring (bicyclic) bond motifs is 1. The van der Waals surface area contributed by atoms with Gasteiger partial charge in [0.1, 0.15) is 5.82 Å². The number of rotatable bonds is 4. The second-order valence-electron chi connectivity index (χ2n) is 4.27. The second kappa shape index (κ2) is 5.54. The summed E-state index contributed by atoms with van der Waals surface area (Å²) in [5.74, 6) is 1.43. The van der Waals surface area contributed by atoms with E-state index < -0.39 is 0 Å². The van der Waals surface area contributed by atoms with Crippen LogP contribution in [-0.4, -0.2) is 27.8 Å². The Morgan fingerprint density at radius 3 is 2.60 bits per heavy atom. The summed E-state index contributed by atoms with van der Waals surface area (Å²) < 4.78 is 5.39. The molecule has 2 heterocycles. The molecule has 0 saturated heterocycles. The van der Waals surface area contributed by atoms with E-state index in [4.69, 9.17) is 4.74 Å². The largest absolute Gasteiger partial charge is 0.478 e. The normalized spacial score (nSPS) is 10.9. The lowest BCUT2D eigenvalue weighted by atomic mass is 10.2. The van der Waals surface area contributed by atoms with Gasteiger partial charge in [0.05, 0.1) is 12.1 Å². The molecule has 0 radical (unpaired) electrons. The summed E-state index contributed by atoms with van der Waals surface area (Å²) in [5, 5.41) is 0. The van der Waals surface area contributed by atoms with Crippen LogP contribution in [-0.2, 0) is 0 Å². The molecule has 0 bridgehead atoms. The third kappa shape index (κ3) is 2.49. The maximum Gasteiger partial charge on any atom is 0.215 e. The van der Waals surface area contributed by atoms with Crippen LogP contribution in [0.1, 0.15) is 6.92 Å². The molecule has 0 atom stereocenters. The van der Waals surface area contributed by atoms with Crippen molar-refractivity contribution in [3.05, 3.63) is 36.4 Å². The molecule has 0 unspecified atom stereocenters. The molecule has 3 aromatic rings. The van der Waals surface area contributed by atoms with Gasteiger partial charge < -0.3 is 9.72 Å². The topological polar surface area (TPSA) is 50.8 Å². The van der Waals surface area contributed by atoms with Crippen LogP contribution in [0.15, 0.2) is 41.3 Å². The summed E-state index contributed by atoms with van der Waals surface area (Å²) >= 11 is 1.73. The van der Waals surface area contributed by atoms with Crippen molar-refractivity contribution in [2.75, 3.05) is 12.9 Å². The van der Waals surface area contributed by atoms with Crippen molar-refractivity contribution in [1.29, 1.82) is 0 Å². The summed E-state index contributed by atoms with van der Waals surface area (Å²) in [5.41, 5.74) is 2.65. The molecule has 5 heteroatoms. The number of H-pyrrole nitrogens is 1. The van der Waals surface area contributed by atoms with E-state index in [1.807, 2.05) is 19.1 Å². The Morgan fingerprint density at radius 1 is 1.10 bits per heavy atom. The molecule has 0 aliphatic carbocycles. The van der Waals surface area contributed by atoms with Gasteiger partial charge in [-0.15, -0.1) is 11.8 Å². The fourth-order valence-electron chi connectivity index (χ4n) is 1.99. The highest BCUT2D eigenvalue weighted by molar-refractivity contribution is 7.98. The number of pyridine rings is 1. The molecule has 4 nitrogen and oxygen atoms in total. The van der Waals surface area contributed by atoms with E-state index in [0.717, 1.165) is 16.9 Å². The highest BCUT2D eigenvalue weighted by Crippen LogP contribution is 2.23. The number of ether oxygens (including phenoxy) is 1. The summed E-state index contributed by atoms with van der Waals surface area (Å²) in [6.07, 6.45) is 2.06. The molecule has 0 saturated carbocycles. The number of aromatic amines is 1. The first-order chi connectivity index (χ1) is 9.80. The lowest BCUT2D eigenvalue weighted by Crippen LogP contribution is -1.93. The van der Waals surface area contributed by atoms with Crippen molar-refractivity contribution in [3.63, 3.8) is 0 Å². The zero-order valence-corrected chi connectivity index (χ0v) is 12.2. The van der Waals surface area contributed by atoms with Crippen LogP contribution in [0.25, 0.3) is 22.6 Å². The molecule has 1 N–H and O–H groups in total. The van der Waals surface area contributed by atoms with Crippen molar-refractivity contribution in [1.82, 2.24) is 15.0 Å². The quantitative estimate of drug-likeness (QED) is 0.742. The van der Waals surface area contributed by atoms with E-state index in [-0.39, 0.29) is 0 Å². The van der Waals surface area contributed by atoms with Crippen LogP contribution in [0.2, 0.25) is 0 Å². The zero-order chi connectivity index (χ0) is 13.9. The van der Waals surface area contributed by atoms with Crippen LogP contribution in [0.3, 0.4) is 0 Å². The predicted molar refractivity (Wildman–Crippen MR) is 82.3 cm³/mol. The van der Waals surface area contributed by atoms with Gasteiger partial charge in [-0.2, -0.15) is 4.98 Å². The lowest BCUT2D eigenvalue weighted by molar-refractivity contribution is 0.328. The van der Waals surface area contributed by atoms with E-state index in [2.05, 4.69) is 45.5 Å². The molecular weight excluding hydrogens is 270 g/mol. The number of benzene rings is 1. The average Bonchev–Trinajstić information content (AvgIpc) is 2.91. The van der Waals surface area contributed by atoms with Crippen LogP contribution < -0.4 is 4.74 Å². The molecule has 1 aromatic carbocycles. The minimum Gasteiger partial charge on any atom is -0.478 e. The Bertz CT molecular complexity index is 722. The van der Waals surface area contributed by atoms with Crippen LogP contribution in [0, 0.1) is 0 Å². The predicted octanol–water partition coefficient (Wildman–Crippen LogP) is 3.75.